The summed E-state index contributed by atoms with van der Waals surface area (Å²) in [4.78, 5) is 47.2. The molecule has 11 nitrogen and oxygen atoms in total. The van der Waals surface area contributed by atoms with Gasteiger partial charge in [0.15, 0.2) is 11.5 Å². The van der Waals surface area contributed by atoms with Crippen LogP contribution < -0.4 is 15.2 Å². The SMILES string of the molecule is COC(=O)Oc1ccc(CC(N)(C[C@H](C)OC(=O)C(C)C(C)C)C(=O)O)cc1OC(=O)OC. The number of carbonyl (C=O) groups is 4. The van der Waals surface area contributed by atoms with Crippen molar-refractivity contribution in [3.05, 3.63) is 23.8 Å². The van der Waals surface area contributed by atoms with Gasteiger partial charge in [0.25, 0.3) is 0 Å². The van der Waals surface area contributed by atoms with Gasteiger partial charge in [0.1, 0.15) is 11.6 Å². The monoisotopic (exact) mass is 469 g/mol. The van der Waals surface area contributed by atoms with Gasteiger partial charge < -0.3 is 34.5 Å². The largest absolute Gasteiger partial charge is 0.513 e. The molecule has 0 saturated carbocycles. The zero-order valence-electron chi connectivity index (χ0n) is 19.6. The van der Waals surface area contributed by atoms with Crippen molar-refractivity contribution in [2.75, 3.05) is 14.2 Å². The van der Waals surface area contributed by atoms with Gasteiger partial charge in [-0.3, -0.25) is 9.59 Å². The zero-order valence-corrected chi connectivity index (χ0v) is 19.6. The van der Waals surface area contributed by atoms with Gasteiger partial charge in [0.2, 0.25) is 0 Å². The maximum absolute atomic E-state index is 12.2. The molecule has 0 amide bonds. The number of esters is 1. The fourth-order valence-corrected chi connectivity index (χ4v) is 2.82. The molecular weight excluding hydrogens is 438 g/mol. The van der Waals surface area contributed by atoms with E-state index in [2.05, 4.69) is 9.47 Å². The Kier molecular flexibility index (Phi) is 10.1. The van der Waals surface area contributed by atoms with E-state index >= 15 is 0 Å². The summed E-state index contributed by atoms with van der Waals surface area (Å²) in [5.41, 5.74) is 4.72. The van der Waals surface area contributed by atoms with Crippen LogP contribution in [0.4, 0.5) is 9.59 Å². The van der Waals surface area contributed by atoms with Gasteiger partial charge in [-0.25, -0.2) is 9.59 Å². The fraction of sp³-hybridized carbons (Fsp3) is 0.545. The number of carbonyl (C=O) groups excluding carboxylic acids is 3. The maximum Gasteiger partial charge on any atom is 0.513 e. The van der Waals surface area contributed by atoms with E-state index < -0.39 is 35.9 Å². The zero-order chi connectivity index (χ0) is 25.3. The number of methoxy groups -OCH3 is 2. The molecule has 0 aliphatic rings. The molecule has 0 aliphatic carbocycles. The second-order valence-corrected chi connectivity index (χ2v) is 8.02. The molecule has 0 aromatic heterocycles. The van der Waals surface area contributed by atoms with E-state index in [0.717, 1.165) is 14.2 Å². The van der Waals surface area contributed by atoms with Crippen LogP contribution in [-0.4, -0.2) is 55.2 Å². The van der Waals surface area contributed by atoms with Crippen molar-refractivity contribution in [2.24, 2.45) is 17.6 Å². The van der Waals surface area contributed by atoms with Crippen molar-refractivity contribution >= 4 is 24.2 Å². The molecule has 0 radical (unpaired) electrons. The van der Waals surface area contributed by atoms with Gasteiger partial charge in [-0.2, -0.15) is 0 Å². The average Bonchev–Trinajstić information content (AvgIpc) is 2.74. The van der Waals surface area contributed by atoms with Gasteiger partial charge in [0, 0.05) is 12.8 Å². The first-order valence-corrected chi connectivity index (χ1v) is 10.2. The minimum Gasteiger partial charge on any atom is -0.480 e. The third-order valence-electron chi connectivity index (χ3n) is 5.01. The normalized spacial score (nSPS) is 14.4. The number of benzene rings is 1. The Morgan fingerprint density at radius 2 is 1.52 bits per heavy atom. The Balaban J connectivity index is 3.12. The Labute approximate surface area is 192 Å². The Morgan fingerprint density at radius 3 is 2.00 bits per heavy atom. The van der Waals surface area contributed by atoms with Crippen LogP contribution in [0.15, 0.2) is 18.2 Å². The molecule has 0 aliphatic heterocycles. The molecule has 33 heavy (non-hydrogen) atoms. The topological polar surface area (TPSA) is 161 Å². The second-order valence-electron chi connectivity index (χ2n) is 8.02. The lowest BCUT2D eigenvalue weighted by atomic mass is 9.86. The molecular formula is C22H31NO10. The third-order valence-corrected chi connectivity index (χ3v) is 5.01. The molecule has 11 heteroatoms. The van der Waals surface area contributed by atoms with Crippen LogP contribution in [0.3, 0.4) is 0 Å². The molecule has 0 spiro atoms. The molecule has 184 valence electrons. The predicted molar refractivity (Wildman–Crippen MR) is 115 cm³/mol. The molecule has 3 N–H and O–H groups in total. The molecule has 1 rings (SSSR count). The van der Waals surface area contributed by atoms with E-state index in [1.54, 1.807) is 13.8 Å². The van der Waals surface area contributed by atoms with Crippen molar-refractivity contribution in [3.8, 4) is 11.5 Å². The lowest BCUT2D eigenvalue weighted by Gasteiger charge is -2.29. The highest BCUT2D eigenvalue weighted by Gasteiger charge is 2.37. The summed E-state index contributed by atoms with van der Waals surface area (Å²) in [5.74, 6) is -2.41. The first-order chi connectivity index (χ1) is 15.3. The number of nitrogens with two attached hydrogens (primary N) is 1. The summed E-state index contributed by atoms with van der Waals surface area (Å²) in [6.45, 7) is 7.05. The van der Waals surface area contributed by atoms with Crippen molar-refractivity contribution in [1.29, 1.82) is 0 Å². The molecule has 0 saturated heterocycles. The van der Waals surface area contributed by atoms with Gasteiger partial charge in [-0.15, -0.1) is 0 Å². The molecule has 0 fully saturated rings. The van der Waals surface area contributed by atoms with Crippen molar-refractivity contribution in [1.82, 2.24) is 0 Å². The summed E-state index contributed by atoms with van der Waals surface area (Å²) in [6, 6.07) is 4.03. The van der Waals surface area contributed by atoms with Gasteiger partial charge in [-0.1, -0.05) is 26.8 Å². The average molecular weight is 469 g/mol. The molecule has 1 aromatic carbocycles. The van der Waals surface area contributed by atoms with E-state index in [-0.39, 0.29) is 36.2 Å². The second kappa shape index (κ2) is 12.0. The van der Waals surface area contributed by atoms with Crippen molar-refractivity contribution in [3.63, 3.8) is 0 Å². The number of hydrogen-bond acceptors (Lipinski definition) is 10. The quantitative estimate of drug-likeness (QED) is 0.294. The summed E-state index contributed by atoms with van der Waals surface area (Å²) >= 11 is 0. The third kappa shape index (κ3) is 8.26. The molecule has 0 bridgehead atoms. The number of hydrogen-bond donors (Lipinski definition) is 2. The summed E-state index contributed by atoms with van der Waals surface area (Å²) in [7, 11) is 2.19. The first kappa shape index (κ1) is 27.7. The number of aliphatic carboxylic acids is 1. The number of carboxylic acid groups (broad SMARTS) is 1. The minimum atomic E-state index is -1.81. The van der Waals surface area contributed by atoms with Crippen LogP contribution in [0.1, 0.15) is 39.7 Å². The van der Waals surface area contributed by atoms with Crippen LogP contribution in [0.5, 0.6) is 11.5 Å². The minimum absolute atomic E-state index is 0.0609. The highest BCUT2D eigenvalue weighted by molar-refractivity contribution is 5.79. The maximum atomic E-state index is 12.2. The van der Waals surface area contributed by atoms with Gasteiger partial charge in [0.05, 0.1) is 20.1 Å². The van der Waals surface area contributed by atoms with E-state index in [4.69, 9.17) is 19.9 Å². The summed E-state index contributed by atoms with van der Waals surface area (Å²) in [6.07, 6.45) is -3.29. The first-order valence-electron chi connectivity index (χ1n) is 10.2. The highest BCUT2D eigenvalue weighted by Crippen LogP contribution is 2.31. The number of rotatable bonds is 10. The van der Waals surface area contributed by atoms with Gasteiger partial charge >= 0.3 is 24.2 Å². The Hall–Kier alpha value is -3.34. The summed E-state index contributed by atoms with van der Waals surface area (Å²) in [5, 5.41) is 9.78. The smallest absolute Gasteiger partial charge is 0.480 e. The Morgan fingerprint density at radius 1 is 0.970 bits per heavy atom. The van der Waals surface area contributed by atoms with Crippen molar-refractivity contribution < 1.29 is 48.0 Å². The molecule has 2 unspecified atom stereocenters. The Bertz CT molecular complexity index is 869. The number of ether oxygens (including phenoxy) is 5. The molecule has 3 atom stereocenters. The van der Waals surface area contributed by atoms with Gasteiger partial charge in [-0.05, 0) is 30.5 Å². The van der Waals surface area contributed by atoms with E-state index in [1.807, 2.05) is 13.8 Å². The molecule has 1 aromatic rings. The summed E-state index contributed by atoms with van der Waals surface area (Å²) < 4.78 is 24.2. The molecule has 0 heterocycles. The van der Waals surface area contributed by atoms with Crippen LogP contribution in [-0.2, 0) is 30.2 Å². The van der Waals surface area contributed by atoms with Crippen LogP contribution >= 0.6 is 0 Å². The van der Waals surface area contributed by atoms with E-state index in [1.165, 1.54) is 18.2 Å². The lowest BCUT2D eigenvalue weighted by molar-refractivity contribution is -0.157. The lowest BCUT2D eigenvalue weighted by Crippen LogP contribution is -2.52. The van der Waals surface area contributed by atoms with Crippen LogP contribution in [0.25, 0.3) is 0 Å². The van der Waals surface area contributed by atoms with Crippen LogP contribution in [0, 0.1) is 11.8 Å². The van der Waals surface area contributed by atoms with Crippen molar-refractivity contribution in [2.45, 2.75) is 52.2 Å². The van der Waals surface area contributed by atoms with E-state index in [9.17, 15) is 24.3 Å². The number of carboxylic acids is 1. The van der Waals surface area contributed by atoms with Crippen LogP contribution in [0.2, 0.25) is 0 Å². The standard InChI is InChI=1S/C22H31NO10/c1-12(2)14(4)18(24)31-13(3)10-22(23,19(25)26)11-15-7-8-16(32-20(27)29-5)17(9-15)33-21(28)30-6/h7-9,12-14H,10-11,23H2,1-6H3,(H,25,26)/t13-,14?,22?/m0/s1. The predicted octanol–water partition coefficient (Wildman–Crippen LogP) is 2.92. The van der Waals surface area contributed by atoms with E-state index in [0.29, 0.717) is 5.56 Å². The highest BCUT2D eigenvalue weighted by atomic mass is 16.7. The fourth-order valence-electron chi connectivity index (χ4n) is 2.82.